The fourth-order valence-corrected chi connectivity index (χ4v) is 3.96. The van der Waals surface area contributed by atoms with E-state index in [1.807, 2.05) is 18.2 Å². The highest BCUT2D eigenvalue weighted by Crippen LogP contribution is 2.39. The molecule has 1 fully saturated rings. The molecule has 0 saturated carbocycles. The van der Waals surface area contributed by atoms with Crippen LogP contribution in [0.5, 0.6) is 17.2 Å². The van der Waals surface area contributed by atoms with E-state index in [1.54, 1.807) is 30.3 Å². The first-order chi connectivity index (χ1) is 17.3. The van der Waals surface area contributed by atoms with Gasteiger partial charge in [-0.25, -0.2) is 9.69 Å². The second-order valence-corrected chi connectivity index (χ2v) is 8.45. The Hall–Kier alpha value is -4.01. The molecule has 1 N–H and O–H groups in total. The number of halogens is 2. The van der Waals surface area contributed by atoms with Gasteiger partial charge >= 0.3 is 6.03 Å². The normalized spacial score (nSPS) is 14.6. The first-order valence-corrected chi connectivity index (χ1v) is 11.4. The molecule has 4 rings (SSSR count). The van der Waals surface area contributed by atoms with Gasteiger partial charge in [-0.1, -0.05) is 47.5 Å². The Bertz CT molecular complexity index is 1370. The van der Waals surface area contributed by atoms with Crippen molar-refractivity contribution < 1.29 is 28.6 Å². The SMILES string of the molecule is COc1cc(N2C(=O)NC(=O)/C(=C\c3ccc(OCc4cccc(Cl)c4)cc3)C2=O)c(OC)cc1Cl. The summed E-state index contributed by atoms with van der Waals surface area (Å²) in [6.07, 6.45) is 1.39. The minimum Gasteiger partial charge on any atom is -0.495 e. The molecule has 36 heavy (non-hydrogen) atoms. The quantitative estimate of drug-likeness (QED) is 0.333. The van der Waals surface area contributed by atoms with Crippen LogP contribution in [0.1, 0.15) is 11.1 Å². The number of ether oxygens (including phenoxy) is 3. The van der Waals surface area contributed by atoms with Gasteiger partial charge in [0, 0.05) is 17.2 Å². The lowest BCUT2D eigenvalue weighted by molar-refractivity contribution is -0.122. The summed E-state index contributed by atoms with van der Waals surface area (Å²) >= 11 is 12.1. The largest absolute Gasteiger partial charge is 0.495 e. The van der Waals surface area contributed by atoms with Gasteiger partial charge in [0.1, 0.15) is 29.4 Å². The van der Waals surface area contributed by atoms with Crippen molar-refractivity contribution in [3.63, 3.8) is 0 Å². The molecular formula is C26H20Cl2N2O6. The van der Waals surface area contributed by atoms with Crippen molar-refractivity contribution in [2.45, 2.75) is 6.61 Å². The fourth-order valence-electron chi connectivity index (χ4n) is 3.52. The summed E-state index contributed by atoms with van der Waals surface area (Å²) in [5.41, 5.74) is 1.30. The van der Waals surface area contributed by atoms with Gasteiger partial charge in [-0.15, -0.1) is 0 Å². The average Bonchev–Trinajstić information content (AvgIpc) is 2.86. The molecule has 3 aromatic rings. The number of barbiturate groups is 1. The summed E-state index contributed by atoms with van der Waals surface area (Å²) in [6.45, 7) is 0.325. The molecule has 10 heteroatoms. The number of carbonyl (C=O) groups is 3. The number of hydrogen-bond donors (Lipinski definition) is 1. The van der Waals surface area contributed by atoms with E-state index < -0.39 is 17.8 Å². The molecule has 1 heterocycles. The molecule has 0 atom stereocenters. The van der Waals surface area contributed by atoms with Crippen molar-refractivity contribution in [1.82, 2.24) is 5.32 Å². The predicted octanol–water partition coefficient (Wildman–Crippen LogP) is 5.26. The molecular weight excluding hydrogens is 507 g/mol. The van der Waals surface area contributed by atoms with Crippen LogP contribution in [0, 0.1) is 0 Å². The van der Waals surface area contributed by atoms with E-state index in [-0.39, 0.29) is 27.8 Å². The Morgan fingerprint density at radius 1 is 0.917 bits per heavy atom. The second-order valence-electron chi connectivity index (χ2n) is 7.60. The third-order valence-electron chi connectivity index (χ3n) is 5.28. The highest BCUT2D eigenvalue weighted by atomic mass is 35.5. The van der Waals surface area contributed by atoms with Crippen LogP contribution in [0.3, 0.4) is 0 Å². The van der Waals surface area contributed by atoms with Gasteiger partial charge in [-0.2, -0.15) is 0 Å². The summed E-state index contributed by atoms with van der Waals surface area (Å²) in [5.74, 6) is -0.676. The summed E-state index contributed by atoms with van der Waals surface area (Å²) in [6, 6.07) is 16.0. The van der Waals surface area contributed by atoms with Crippen LogP contribution in [0.4, 0.5) is 10.5 Å². The molecule has 1 saturated heterocycles. The number of urea groups is 1. The zero-order chi connectivity index (χ0) is 25.8. The fraction of sp³-hybridized carbons (Fsp3) is 0.115. The number of rotatable bonds is 7. The molecule has 184 valence electrons. The Morgan fingerprint density at radius 2 is 1.64 bits per heavy atom. The Kier molecular flexibility index (Phi) is 7.47. The van der Waals surface area contributed by atoms with E-state index >= 15 is 0 Å². The number of nitrogens with zero attached hydrogens (tertiary/aromatic N) is 1. The van der Waals surface area contributed by atoms with Gasteiger partial charge in [0.25, 0.3) is 11.8 Å². The molecule has 0 bridgehead atoms. The summed E-state index contributed by atoms with van der Waals surface area (Å²) in [5, 5.41) is 3.03. The number of methoxy groups -OCH3 is 2. The first-order valence-electron chi connectivity index (χ1n) is 10.6. The van der Waals surface area contributed by atoms with Crippen LogP contribution in [0.2, 0.25) is 10.0 Å². The number of nitrogens with one attached hydrogen (secondary N) is 1. The molecule has 1 aliphatic heterocycles. The molecule has 0 radical (unpaired) electrons. The molecule has 1 aliphatic rings. The van der Waals surface area contributed by atoms with Crippen LogP contribution >= 0.6 is 23.2 Å². The standard InChI is InChI=1S/C26H20Cl2N2O6/c1-34-22-13-21(23(35-2)12-20(22)28)30-25(32)19(24(31)29-26(30)33)11-15-6-8-18(9-7-15)36-14-16-4-3-5-17(27)10-16/h3-13H,14H2,1-2H3,(H,29,31,33)/b19-11+. The van der Waals surface area contributed by atoms with E-state index in [4.69, 9.17) is 37.4 Å². The molecule has 0 aromatic heterocycles. The Labute approximate surface area is 217 Å². The smallest absolute Gasteiger partial charge is 0.336 e. The molecule has 0 unspecified atom stereocenters. The number of imide groups is 2. The summed E-state index contributed by atoms with van der Waals surface area (Å²) in [4.78, 5) is 39.2. The number of amides is 4. The third-order valence-corrected chi connectivity index (χ3v) is 5.81. The van der Waals surface area contributed by atoms with Gasteiger partial charge in [0.05, 0.1) is 24.9 Å². The highest BCUT2D eigenvalue weighted by Gasteiger charge is 2.38. The van der Waals surface area contributed by atoms with Crippen LogP contribution in [-0.4, -0.2) is 32.1 Å². The molecule has 0 spiro atoms. The number of benzene rings is 3. The maximum absolute atomic E-state index is 13.3. The molecule has 0 aliphatic carbocycles. The maximum Gasteiger partial charge on any atom is 0.336 e. The lowest BCUT2D eigenvalue weighted by Crippen LogP contribution is -2.54. The van der Waals surface area contributed by atoms with Crippen LogP contribution in [0.15, 0.2) is 66.2 Å². The van der Waals surface area contributed by atoms with Gasteiger partial charge in [0.2, 0.25) is 0 Å². The zero-order valence-electron chi connectivity index (χ0n) is 19.2. The number of carbonyl (C=O) groups excluding carboxylic acids is 3. The van der Waals surface area contributed by atoms with Crippen LogP contribution in [0.25, 0.3) is 6.08 Å². The van der Waals surface area contributed by atoms with Crippen LogP contribution in [-0.2, 0) is 16.2 Å². The zero-order valence-corrected chi connectivity index (χ0v) is 20.7. The third kappa shape index (κ3) is 5.30. The summed E-state index contributed by atoms with van der Waals surface area (Å²) < 4.78 is 16.3. The van der Waals surface area contributed by atoms with Crippen molar-refractivity contribution >= 4 is 52.8 Å². The lowest BCUT2D eigenvalue weighted by atomic mass is 10.1. The molecule has 4 amide bonds. The van der Waals surface area contributed by atoms with Gasteiger partial charge in [0.15, 0.2) is 0 Å². The van der Waals surface area contributed by atoms with E-state index in [0.29, 0.717) is 22.9 Å². The Balaban J connectivity index is 1.58. The summed E-state index contributed by atoms with van der Waals surface area (Å²) in [7, 11) is 2.76. The van der Waals surface area contributed by atoms with E-state index in [9.17, 15) is 14.4 Å². The van der Waals surface area contributed by atoms with Crippen molar-refractivity contribution in [2.24, 2.45) is 0 Å². The maximum atomic E-state index is 13.3. The van der Waals surface area contributed by atoms with Crippen molar-refractivity contribution in [2.75, 3.05) is 19.1 Å². The minimum absolute atomic E-state index is 0.0735. The minimum atomic E-state index is -0.922. The van der Waals surface area contributed by atoms with E-state index in [0.717, 1.165) is 10.5 Å². The number of anilines is 1. The van der Waals surface area contributed by atoms with Gasteiger partial charge in [-0.3, -0.25) is 14.9 Å². The number of hydrogen-bond acceptors (Lipinski definition) is 6. The second kappa shape index (κ2) is 10.7. The Morgan fingerprint density at radius 3 is 2.31 bits per heavy atom. The molecule has 8 nitrogen and oxygen atoms in total. The van der Waals surface area contributed by atoms with Gasteiger partial charge < -0.3 is 14.2 Å². The van der Waals surface area contributed by atoms with E-state index in [1.165, 1.54) is 32.4 Å². The monoisotopic (exact) mass is 526 g/mol. The van der Waals surface area contributed by atoms with E-state index in [2.05, 4.69) is 5.32 Å². The van der Waals surface area contributed by atoms with Crippen molar-refractivity contribution in [3.05, 3.63) is 87.4 Å². The highest BCUT2D eigenvalue weighted by molar-refractivity contribution is 6.39. The van der Waals surface area contributed by atoms with Crippen molar-refractivity contribution in [1.29, 1.82) is 0 Å². The first kappa shape index (κ1) is 25.1. The van der Waals surface area contributed by atoms with Crippen molar-refractivity contribution in [3.8, 4) is 17.2 Å². The molecule has 3 aromatic carbocycles. The topological polar surface area (TPSA) is 94.2 Å². The predicted molar refractivity (Wildman–Crippen MR) is 136 cm³/mol. The van der Waals surface area contributed by atoms with Gasteiger partial charge in [-0.05, 0) is 41.5 Å². The lowest BCUT2D eigenvalue weighted by Gasteiger charge is -2.28. The average molecular weight is 527 g/mol. The van der Waals surface area contributed by atoms with Crippen LogP contribution < -0.4 is 24.4 Å².